The molecule has 0 aromatic rings. The molecule has 1 aliphatic heterocycles. The number of rotatable bonds is 0. The molecule has 0 aromatic heterocycles. The monoisotopic (exact) mass is 240 g/mol. The normalized spacial score (nSPS) is 39.1. The highest BCUT2D eigenvalue weighted by Crippen LogP contribution is 2.47. The van der Waals surface area contributed by atoms with Gasteiger partial charge in [0.2, 0.25) is 0 Å². The van der Waals surface area contributed by atoms with Crippen molar-refractivity contribution in [3.63, 3.8) is 0 Å². The summed E-state index contributed by atoms with van der Waals surface area (Å²) >= 11 is 0. The molecule has 3 nitrogen and oxygen atoms in total. The predicted molar refractivity (Wildman–Crippen MR) is 67.4 cm³/mol. The van der Waals surface area contributed by atoms with E-state index in [1.165, 1.54) is 0 Å². The number of hydrogen-bond acceptors (Lipinski definition) is 3. The summed E-state index contributed by atoms with van der Waals surface area (Å²) in [6.07, 6.45) is 3.09. The van der Waals surface area contributed by atoms with Crippen molar-refractivity contribution in [3.05, 3.63) is 0 Å². The van der Waals surface area contributed by atoms with Crippen molar-refractivity contribution < 1.29 is 14.9 Å². The third-order valence-electron chi connectivity index (χ3n) is 3.55. The lowest BCUT2D eigenvalue weighted by Gasteiger charge is -2.39. The molecule has 0 aliphatic carbocycles. The van der Waals surface area contributed by atoms with E-state index < -0.39 is 29.3 Å². The Hall–Kier alpha value is -0.560. The van der Waals surface area contributed by atoms with E-state index in [1.807, 2.05) is 41.5 Å². The fourth-order valence-electron chi connectivity index (χ4n) is 2.39. The lowest BCUT2D eigenvalue weighted by molar-refractivity contribution is -0.126. The molecule has 0 bridgehead atoms. The van der Waals surface area contributed by atoms with Gasteiger partial charge in [0.1, 0.15) is 12.2 Å². The predicted octanol–water partition coefficient (Wildman–Crippen LogP) is 1.57. The van der Waals surface area contributed by atoms with Gasteiger partial charge < -0.3 is 14.9 Å². The number of hydrogen-bond donors (Lipinski definition) is 2. The van der Waals surface area contributed by atoms with Crippen LogP contribution in [0.3, 0.4) is 0 Å². The van der Waals surface area contributed by atoms with E-state index in [0.717, 1.165) is 0 Å². The molecule has 0 radical (unpaired) electrons. The Morgan fingerprint density at radius 1 is 1.12 bits per heavy atom. The molecule has 1 rings (SSSR count). The highest BCUT2D eigenvalue weighted by molar-refractivity contribution is 5.24. The molecule has 1 heterocycles. The molecule has 17 heavy (non-hydrogen) atoms. The summed E-state index contributed by atoms with van der Waals surface area (Å²) in [6, 6.07) is 0. The maximum absolute atomic E-state index is 10.3. The highest BCUT2D eigenvalue weighted by Gasteiger charge is 2.61. The number of aliphatic hydroxyl groups is 2. The van der Waals surface area contributed by atoms with Crippen LogP contribution in [0, 0.1) is 23.2 Å². The summed E-state index contributed by atoms with van der Waals surface area (Å²) in [4.78, 5) is 0. The summed E-state index contributed by atoms with van der Waals surface area (Å²) in [5.41, 5.74) is -1.85. The molecule has 0 aromatic carbocycles. The van der Waals surface area contributed by atoms with Crippen LogP contribution < -0.4 is 0 Å². The van der Waals surface area contributed by atoms with Gasteiger partial charge in [0, 0.05) is 5.41 Å². The average Bonchev–Trinajstić information content (AvgIpc) is 2.39. The third kappa shape index (κ3) is 2.10. The maximum atomic E-state index is 10.3. The van der Waals surface area contributed by atoms with E-state index in [2.05, 4.69) is 5.92 Å². The lowest BCUT2D eigenvalue weighted by atomic mass is 9.73. The van der Waals surface area contributed by atoms with E-state index >= 15 is 0 Å². The van der Waals surface area contributed by atoms with Gasteiger partial charge >= 0.3 is 0 Å². The van der Waals surface area contributed by atoms with Gasteiger partial charge in [-0.25, -0.2) is 0 Å². The molecular formula is C14H24O3. The summed E-state index contributed by atoms with van der Waals surface area (Å²) in [5, 5.41) is 20.4. The molecule has 0 saturated carbocycles. The lowest BCUT2D eigenvalue weighted by Crippen LogP contribution is -2.51. The fourth-order valence-corrected chi connectivity index (χ4v) is 2.39. The topological polar surface area (TPSA) is 49.7 Å². The largest absolute Gasteiger partial charge is 0.388 e. The maximum Gasteiger partial charge on any atom is 0.161 e. The molecule has 0 spiro atoms. The van der Waals surface area contributed by atoms with Crippen LogP contribution in [0.15, 0.2) is 0 Å². The van der Waals surface area contributed by atoms with Gasteiger partial charge in [-0.3, -0.25) is 0 Å². The zero-order chi connectivity index (χ0) is 13.6. The Balaban J connectivity index is 3.20. The number of terminal acetylenes is 1. The van der Waals surface area contributed by atoms with Gasteiger partial charge in [-0.05, 0) is 5.41 Å². The van der Waals surface area contributed by atoms with Crippen molar-refractivity contribution >= 4 is 0 Å². The first kappa shape index (κ1) is 14.5. The van der Waals surface area contributed by atoms with Crippen molar-refractivity contribution in [2.75, 3.05) is 0 Å². The Bertz CT molecular complexity index is 329. The van der Waals surface area contributed by atoms with Crippen molar-refractivity contribution in [2.45, 2.75) is 65.5 Å². The van der Waals surface area contributed by atoms with Crippen molar-refractivity contribution in [3.8, 4) is 12.3 Å². The van der Waals surface area contributed by atoms with Gasteiger partial charge in [-0.2, -0.15) is 0 Å². The highest BCUT2D eigenvalue weighted by atomic mass is 16.6. The Morgan fingerprint density at radius 2 is 1.59 bits per heavy atom. The van der Waals surface area contributed by atoms with Gasteiger partial charge in [0.25, 0.3) is 0 Å². The van der Waals surface area contributed by atoms with Crippen LogP contribution in [0.5, 0.6) is 0 Å². The van der Waals surface area contributed by atoms with Crippen LogP contribution >= 0.6 is 0 Å². The molecule has 1 fully saturated rings. The minimum atomic E-state index is -1.13. The molecule has 1 aliphatic rings. The fraction of sp³-hybridized carbons (Fsp3) is 0.857. The molecular weight excluding hydrogens is 216 g/mol. The van der Waals surface area contributed by atoms with Crippen LogP contribution in [-0.4, -0.2) is 34.1 Å². The van der Waals surface area contributed by atoms with Gasteiger partial charge in [0.15, 0.2) is 5.60 Å². The summed E-state index contributed by atoms with van der Waals surface area (Å²) in [7, 11) is 0. The molecule has 2 N–H and O–H groups in total. The van der Waals surface area contributed by atoms with Gasteiger partial charge in [-0.1, -0.05) is 47.5 Å². The molecule has 1 saturated heterocycles. The molecule has 3 heteroatoms. The minimum absolute atomic E-state index is 0.274. The quantitative estimate of drug-likeness (QED) is 0.632. The van der Waals surface area contributed by atoms with E-state index in [4.69, 9.17) is 11.2 Å². The standard InChI is InChI=1S/C14H24O3/c1-8-14(13(5,6)7)10(16)9(15)11(17-14)12(2,3)4/h1,9-11,15-16H,2-7H3. The summed E-state index contributed by atoms with van der Waals surface area (Å²) < 4.78 is 5.92. The minimum Gasteiger partial charge on any atom is -0.388 e. The number of aliphatic hydroxyl groups excluding tert-OH is 2. The van der Waals surface area contributed by atoms with Crippen LogP contribution in [-0.2, 0) is 4.74 Å². The van der Waals surface area contributed by atoms with Crippen molar-refractivity contribution in [1.29, 1.82) is 0 Å². The van der Waals surface area contributed by atoms with Crippen LogP contribution in [0.25, 0.3) is 0 Å². The molecule has 0 amide bonds. The second-order valence-corrected chi connectivity index (χ2v) is 6.97. The Morgan fingerprint density at radius 3 is 1.76 bits per heavy atom. The van der Waals surface area contributed by atoms with Crippen LogP contribution in [0.1, 0.15) is 41.5 Å². The van der Waals surface area contributed by atoms with Gasteiger partial charge in [-0.15, -0.1) is 6.42 Å². The first-order chi connectivity index (χ1) is 7.47. The van der Waals surface area contributed by atoms with E-state index in [1.54, 1.807) is 0 Å². The van der Waals surface area contributed by atoms with E-state index in [-0.39, 0.29) is 5.41 Å². The van der Waals surface area contributed by atoms with Crippen molar-refractivity contribution in [1.82, 2.24) is 0 Å². The second-order valence-electron chi connectivity index (χ2n) is 6.97. The van der Waals surface area contributed by atoms with E-state index in [0.29, 0.717) is 0 Å². The first-order valence-corrected chi connectivity index (χ1v) is 5.99. The average molecular weight is 240 g/mol. The number of ether oxygens (including phenoxy) is 1. The summed E-state index contributed by atoms with van der Waals surface area (Å²) in [5.74, 6) is 2.57. The third-order valence-corrected chi connectivity index (χ3v) is 3.55. The Kier molecular flexibility index (Phi) is 3.40. The molecule has 4 atom stereocenters. The first-order valence-electron chi connectivity index (χ1n) is 5.99. The second kappa shape index (κ2) is 3.98. The smallest absolute Gasteiger partial charge is 0.161 e. The zero-order valence-electron chi connectivity index (χ0n) is 11.6. The van der Waals surface area contributed by atoms with Crippen LogP contribution in [0.4, 0.5) is 0 Å². The molecule has 98 valence electrons. The summed E-state index contributed by atoms with van der Waals surface area (Å²) in [6.45, 7) is 11.6. The zero-order valence-corrected chi connectivity index (χ0v) is 11.6. The van der Waals surface area contributed by atoms with Crippen LogP contribution in [0.2, 0.25) is 0 Å². The van der Waals surface area contributed by atoms with Crippen molar-refractivity contribution in [2.24, 2.45) is 10.8 Å². The molecule has 4 unspecified atom stereocenters. The Labute approximate surface area is 104 Å². The van der Waals surface area contributed by atoms with Gasteiger partial charge in [0.05, 0.1) is 6.10 Å². The SMILES string of the molecule is C#CC1(C(C)(C)C)OC(C(C)(C)C)C(O)C1O. The van der Waals surface area contributed by atoms with E-state index in [9.17, 15) is 10.2 Å².